The van der Waals surface area contributed by atoms with Crippen LogP contribution in [0, 0.1) is 0 Å². The van der Waals surface area contributed by atoms with Crippen LogP contribution in [0.3, 0.4) is 0 Å². The van der Waals surface area contributed by atoms with Gasteiger partial charge < -0.3 is 25.6 Å². The molecule has 100 valence electrons. The van der Waals surface area contributed by atoms with E-state index in [0.717, 1.165) is 6.42 Å². The number of carbonyl (C=O) groups excluding carboxylic acids is 1. The number of carboxylic acids is 1. The van der Waals surface area contributed by atoms with Crippen LogP contribution in [0.25, 0.3) is 0 Å². The normalized spacial score (nSPS) is 13.8. The first kappa shape index (κ1) is 15.7. The summed E-state index contributed by atoms with van der Waals surface area (Å²) in [7, 11) is 1.55. The summed E-state index contributed by atoms with van der Waals surface area (Å²) in [5.74, 6) is -1.29. The molecule has 0 heterocycles. The Bertz CT molecular complexity index is 247. The van der Waals surface area contributed by atoms with Gasteiger partial charge in [0.2, 0.25) is 0 Å². The topological polar surface area (TPSA) is 108 Å². The molecule has 7 nitrogen and oxygen atoms in total. The molecule has 0 aliphatic rings. The predicted octanol–water partition coefficient (Wildman–Crippen LogP) is -0.454. The van der Waals surface area contributed by atoms with Gasteiger partial charge in [0.05, 0.1) is 12.6 Å². The van der Waals surface area contributed by atoms with Crippen molar-refractivity contribution in [1.82, 2.24) is 10.6 Å². The molecule has 0 rings (SSSR count). The van der Waals surface area contributed by atoms with Gasteiger partial charge in [0.1, 0.15) is 0 Å². The van der Waals surface area contributed by atoms with E-state index in [9.17, 15) is 9.59 Å². The SMILES string of the molecule is CCC(COC)NC(=O)NCCC(O)C(=O)O. The van der Waals surface area contributed by atoms with Crippen LogP contribution in [-0.4, -0.2) is 54.6 Å². The van der Waals surface area contributed by atoms with Gasteiger partial charge >= 0.3 is 12.0 Å². The monoisotopic (exact) mass is 248 g/mol. The van der Waals surface area contributed by atoms with Crippen molar-refractivity contribution in [2.45, 2.75) is 31.9 Å². The minimum absolute atomic E-state index is 0.0240. The van der Waals surface area contributed by atoms with Crippen molar-refractivity contribution < 1.29 is 24.5 Å². The first-order valence-electron chi connectivity index (χ1n) is 5.45. The number of rotatable bonds is 8. The number of hydrogen-bond acceptors (Lipinski definition) is 4. The average Bonchev–Trinajstić information content (AvgIpc) is 2.28. The molecule has 0 aliphatic carbocycles. The number of methoxy groups -OCH3 is 1. The van der Waals surface area contributed by atoms with Crippen LogP contribution in [0.15, 0.2) is 0 Å². The molecular weight excluding hydrogens is 228 g/mol. The maximum absolute atomic E-state index is 11.3. The Morgan fingerprint density at radius 1 is 1.41 bits per heavy atom. The molecule has 4 N–H and O–H groups in total. The highest BCUT2D eigenvalue weighted by atomic mass is 16.5. The van der Waals surface area contributed by atoms with Crippen LogP contribution in [-0.2, 0) is 9.53 Å². The fraction of sp³-hybridized carbons (Fsp3) is 0.800. The quantitative estimate of drug-likeness (QED) is 0.465. The van der Waals surface area contributed by atoms with E-state index >= 15 is 0 Å². The maximum atomic E-state index is 11.3. The highest BCUT2D eigenvalue weighted by molar-refractivity contribution is 5.74. The molecule has 2 unspecified atom stereocenters. The maximum Gasteiger partial charge on any atom is 0.332 e. The van der Waals surface area contributed by atoms with Crippen molar-refractivity contribution in [3.63, 3.8) is 0 Å². The van der Waals surface area contributed by atoms with Crippen LogP contribution in [0.4, 0.5) is 4.79 Å². The molecule has 0 spiro atoms. The van der Waals surface area contributed by atoms with Crippen molar-refractivity contribution in [3.05, 3.63) is 0 Å². The molecular formula is C10H20N2O5. The summed E-state index contributed by atoms with van der Waals surface area (Å²) in [4.78, 5) is 21.6. The molecule has 0 saturated heterocycles. The Hall–Kier alpha value is -1.34. The lowest BCUT2D eigenvalue weighted by molar-refractivity contribution is -0.146. The number of amides is 2. The molecule has 0 aromatic heterocycles. The van der Waals surface area contributed by atoms with E-state index in [0.29, 0.717) is 6.61 Å². The number of aliphatic carboxylic acids is 1. The van der Waals surface area contributed by atoms with E-state index in [1.807, 2.05) is 6.92 Å². The van der Waals surface area contributed by atoms with Crippen molar-refractivity contribution in [1.29, 1.82) is 0 Å². The summed E-state index contributed by atoms with van der Waals surface area (Å²) >= 11 is 0. The Morgan fingerprint density at radius 2 is 2.06 bits per heavy atom. The summed E-state index contributed by atoms with van der Waals surface area (Å²) in [5.41, 5.74) is 0. The van der Waals surface area contributed by atoms with E-state index in [1.165, 1.54) is 0 Å². The Morgan fingerprint density at radius 3 is 2.53 bits per heavy atom. The third-order valence-corrected chi connectivity index (χ3v) is 2.18. The number of nitrogens with one attached hydrogen (secondary N) is 2. The molecule has 0 aromatic rings. The summed E-state index contributed by atoms with van der Waals surface area (Å²) in [6.07, 6.45) is -0.737. The molecule has 0 saturated carbocycles. The van der Waals surface area contributed by atoms with Gasteiger partial charge in [0.15, 0.2) is 6.10 Å². The van der Waals surface area contributed by atoms with E-state index < -0.39 is 18.1 Å². The van der Waals surface area contributed by atoms with Gasteiger partial charge in [-0.2, -0.15) is 0 Å². The van der Waals surface area contributed by atoms with Gasteiger partial charge in [-0.25, -0.2) is 9.59 Å². The minimum atomic E-state index is -1.45. The second kappa shape index (κ2) is 8.77. The number of aliphatic hydroxyl groups is 1. The Kier molecular flexibility index (Phi) is 8.08. The second-order valence-corrected chi connectivity index (χ2v) is 3.60. The highest BCUT2D eigenvalue weighted by Gasteiger charge is 2.14. The fourth-order valence-corrected chi connectivity index (χ4v) is 1.15. The summed E-state index contributed by atoms with van der Waals surface area (Å²) in [6.45, 7) is 2.43. The third-order valence-electron chi connectivity index (χ3n) is 2.18. The predicted molar refractivity (Wildman–Crippen MR) is 60.7 cm³/mol. The summed E-state index contributed by atoms with van der Waals surface area (Å²) in [6, 6.07) is -0.476. The van der Waals surface area contributed by atoms with Crippen molar-refractivity contribution in [3.8, 4) is 0 Å². The van der Waals surface area contributed by atoms with Crippen LogP contribution in [0.1, 0.15) is 19.8 Å². The standard InChI is InChI=1S/C10H20N2O5/c1-3-7(6-17-2)12-10(16)11-5-4-8(13)9(14)15/h7-8,13H,3-6H2,1-2H3,(H,14,15)(H2,11,12,16). The molecule has 2 amide bonds. The molecule has 7 heteroatoms. The lowest BCUT2D eigenvalue weighted by atomic mass is 10.2. The third kappa shape index (κ3) is 7.53. The van der Waals surface area contributed by atoms with Gasteiger partial charge in [0, 0.05) is 20.1 Å². The number of ether oxygens (including phenoxy) is 1. The van der Waals surface area contributed by atoms with Gasteiger partial charge in [0.25, 0.3) is 0 Å². The van der Waals surface area contributed by atoms with Gasteiger partial charge in [-0.15, -0.1) is 0 Å². The molecule has 0 radical (unpaired) electrons. The fourth-order valence-electron chi connectivity index (χ4n) is 1.15. The number of carboxylic acid groups (broad SMARTS) is 1. The molecule has 0 bridgehead atoms. The van der Waals surface area contributed by atoms with E-state index in [2.05, 4.69) is 10.6 Å². The van der Waals surface area contributed by atoms with Crippen molar-refractivity contribution in [2.75, 3.05) is 20.3 Å². The number of carbonyl (C=O) groups is 2. The Labute approximate surface area is 100 Å². The van der Waals surface area contributed by atoms with Crippen LogP contribution < -0.4 is 10.6 Å². The minimum Gasteiger partial charge on any atom is -0.479 e. The second-order valence-electron chi connectivity index (χ2n) is 3.60. The van der Waals surface area contributed by atoms with Gasteiger partial charge in [-0.1, -0.05) is 6.92 Å². The summed E-state index contributed by atoms with van der Waals surface area (Å²) < 4.78 is 4.91. The van der Waals surface area contributed by atoms with Crippen molar-refractivity contribution >= 4 is 12.0 Å². The molecule has 0 fully saturated rings. The number of aliphatic hydroxyl groups excluding tert-OH is 1. The first-order valence-corrected chi connectivity index (χ1v) is 5.45. The summed E-state index contributed by atoms with van der Waals surface area (Å²) in [5, 5.41) is 22.5. The zero-order chi connectivity index (χ0) is 13.3. The van der Waals surface area contributed by atoms with E-state index in [4.69, 9.17) is 14.9 Å². The molecule has 0 aromatic carbocycles. The zero-order valence-corrected chi connectivity index (χ0v) is 10.1. The van der Waals surface area contributed by atoms with Crippen molar-refractivity contribution in [2.24, 2.45) is 0 Å². The van der Waals surface area contributed by atoms with E-state index in [1.54, 1.807) is 7.11 Å². The van der Waals surface area contributed by atoms with Crippen LogP contribution >= 0.6 is 0 Å². The smallest absolute Gasteiger partial charge is 0.332 e. The molecule has 17 heavy (non-hydrogen) atoms. The van der Waals surface area contributed by atoms with E-state index in [-0.39, 0.29) is 19.0 Å². The van der Waals surface area contributed by atoms with Gasteiger partial charge in [-0.05, 0) is 6.42 Å². The Balaban J connectivity index is 3.75. The average molecular weight is 248 g/mol. The molecule has 2 atom stereocenters. The van der Waals surface area contributed by atoms with Gasteiger partial charge in [-0.3, -0.25) is 0 Å². The van der Waals surface area contributed by atoms with Crippen LogP contribution in [0.2, 0.25) is 0 Å². The largest absolute Gasteiger partial charge is 0.479 e. The lowest BCUT2D eigenvalue weighted by Crippen LogP contribution is -2.44. The number of urea groups is 1. The first-order chi connectivity index (χ1) is 8.01. The van der Waals surface area contributed by atoms with Crippen LogP contribution in [0.5, 0.6) is 0 Å². The highest BCUT2D eigenvalue weighted by Crippen LogP contribution is 1.92. The number of hydrogen-bond donors (Lipinski definition) is 4. The molecule has 0 aliphatic heterocycles. The lowest BCUT2D eigenvalue weighted by Gasteiger charge is -2.16. The zero-order valence-electron chi connectivity index (χ0n) is 10.1.